The largest absolute Gasteiger partial charge is 0.397 e. The maximum atomic E-state index is 13.4. The van der Waals surface area contributed by atoms with Crippen LogP contribution in [0, 0.1) is 62.6 Å². The summed E-state index contributed by atoms with van der Waals surface area (Å²) in [4.78, 5) is 49.2. The van der Waals surface area contributed by atoms with Gasteiger partial charge in [-0.2, -0.15) is 0 Å². The number of hydrogen-bond donors (Lipinski definition) is 6. The number of aliphatic hydroxyl groups is 5. The number of hydrogen-bond acceptors (Lipinski definition) is 12. The molecule has 9 rings (SSSR count). The molecule has 1 aromatic rings. The molecule has 0 radical (unpaired) electrons. The smallest absolute Gasteiger partial charge is 0.185 e. The molecule has 15 atom stereocenters. The summed E-state index contributed by atoms with van der Waals surface area (Å²) in [6, 6.07) is 0. The summed E-state index contributed by atoms with van der Waals surface area (Å²) in [5.41, 5.74) is 3.84. The maximum Gasteiger partial charge on any atom is 0.185 e. The van der Waals surface area contributed by atoms with Crippen LogP contribution < -0.4 is 10.6 Å². The van der Waals surface area contributed by atoms with Gasteiger partial charge in [-0.15, -0.1) is 28.3 Å². The quantitative estimate of drug-likeness (QED) is 0.110. The number of alkyl halides is 1. The van der Waals surface area contributed by atoms with E-state index in [9.17, 15) is 34.8 Å². The minimum Gasteiger partial charge on any atom is -0.397 e. The Morgan fingerprint density at radius 1 is 0.797 bits per heavy atom. The van der Waals surface area contributed by atoms with E-state index in [4.69, 9.17) is 15.8 Å². The highest BCUT2D eigenvalue weighted by atomic mass is 79.9. The Labute approximate surface area is 408 Å². The number of thiocarbonyl (C=S) groups is 1. The van der Waals surface area contributed by atoms with Crippen molar-refractivity contribution in [2.45, 2.75) is 134 Å². The number of aromatic nitrogens is 1. The third-order valence-electron chi connectivity index (χ3n) is 17.8. The molecule has 64 heavy (non-hydrogen) atoms. The van der Waals surface area contributed by atoms with Crippen molar-refractivity contribution in [3.8, 4) is 0 Å². The molecule has 1 aromatic heterocycles. The third kappa shape index (κ3) is 7.33. The van der Waals surface area contributed by atoms with E-state index in [0.717, 1.165) is 42.9 Å². The Morgan fingerprint density at radius 3 is 1.61 bits per heavy atom. The number of Topliss-reactive ketones (excluding diaryl/α,β-unsaturated/α-hetero) is 3. The maximum absolute atomic E-state index is 13.4. The van der Waals surface area contributed by atoms with Gasteiger partial charge in [-0.1, -0.05) is 70.6 Å². The van der Waals surface area contributed by atoms with Crippen LogP contribution in [0.4, 0.5) is 5.13 Å². The van der Waals surface area contributed by atoms with Crippen LogP contribution in [-0.2, 0) is 26.2 Å². The highest BCUT2D eigenvalue weighted by Crippen LogP contribution is 2.72. The van der Waals surface area contributed by atoms with E-state index in [2.05, 4.69) is 73.9 Å². The highest BCUT2D eigenvalue weighted by Gasteiger charge is 2.76. The number of carbonyl (C=O) groups is 3. The van der Waals surface area contributed by atoms with Crippen molar-refractivity contribution >= 4 is 84.1 Å². The molecule has 0 saturated heterocycles. The van der Waals surface area contributed by atoms with Gasteiger partial charge in [-0.3, -0.25) is 14.4 Å². The highest BCUT2D eigenvalue weighted by molar-refractivity contribution is 9.10. The summed E-state index contributed by atoms with van der Waals surface area (Å²) in [6.45, 7) is 22.8. The van der Waals surface area contributed by atoms with Crippen molar-refractivity contribution in [1.82, 2.24) is 9.88 Å². The van der Waals surface area contributed by atoms with Crippen LogP contribution in [0.15, 0.2) is 24.3 Å². The minimum absolute atomic E-state index is 0. The molecule has 7 saturated carbocycles. The predicted molar refractivity (Wildman–Crippen MR) is 265 cm³/mol. The molecule has 7 fully saturated rings. The predicted octanol–water partition coefficient (Wildman–Crippen LogP) is 5.96. The molecule has 7 N–H and O–H groups in total. The normalized spacial score (nSPS) is 42.5. The molecular formula is C48H74Br2N4O8S2. The number of anilines is 1. The standard InChI is InChI=1S/C23H32N2O3S.C20H27BrO4.C3H8N2S.C2H6O.BrH/c1-11-12-7-8-14-22(4)10-13-17(24-20(29-13)25(5)6)21(2,3)15(22)9-16(26)23(14,18(11)27)19(12)28;1-9-10-5-6-12-19(4)8-11(21)17(25)18(2,3)13(19)7-14(22)20(12,15(9)23)16(10)24;1-5(2)3(4)6;1-2-3;/h12,14-16,19,26,28H,1,7-10H2,2-6H3;10-14,16,22,24H,1,5-8H2,2-4H3;1-2H3,(H2,4,6);3H,2H2,1H3;1H/t12-,14-,15+,16+,19+,22-,23-;10-,11?,12-,13+,14+,16+,19-,20-;;;/m00.../s1. The summed E-state index contributed by atoms with van der Waals surface area (Å²) in [6.07, 6.45) is 2.18. The number of rotatable bonds is 1. The zero-order chi connectivity index (χ0) is 47.5. The zero-order valence-electron chi connectivity index (χ0n) is 39.6. The van der Waals surface area contributed by atoms with Gasteiger partial charge in [0.2, 0.25) is 0 Å². The number of fused-ring (bicyclic) bond motifs is 7. The number of nitrogens with two attached hydrogens (primary N) is 1. The molecule has 2 spiro atoms. The fourth-order valence-electron chi connectivity index (χ4n) is 15.0. The summed E-state index contributed by atoms with van der Waals surface area (Å²) in [5, 5.41) is 53.8. The summed E-state index contributed by atoms with van der Waals surface area (Å²) in [7, 11) is 7.65. The van der Waals surface area contributed by atoms with E-state index < -0.39 is 40.7 Å². The summed E-state index contributed by atoms with van der Waals surface area (Å²) in [5.74, 6) is -0.422. The first-order chi connectivity index (χ1) is 29.0. The molecule has 8 aliphatic rings. The van der Waals surface area contributed by atoms with Gasteiger partial charge in [0.05, 0.1) is 45.8 Å². The van der Waals surface area contributed by atoms with Crippen LogP contribution in [-0.4, -0.2) is 122 Å². The number of ketones is 3. The molecule has 360 valence electrons. The average Bonchev–Trinajstić information content (AvgIpc) is 3.70. The van der Waals surface area contributed by atoms with Crippen molar-refractivity contribution in [1.29, 1.82) is 0 Å². The van der Waals surface area contributed by atoms with Crippen molar-refractivity contribution in [3.05, 3.63) is 34.9 Å². The molecule has 8 aliphatic carbocycles. The number of aliphatic hydroxyl groups excluding tert-OH is 5. The van der Waals surface area contributed by atoms with Gasteiger partial charge in [0.1, 0.15) is 0 Å². The Morgan fingerprint density at radius 2 is 1.20 bits per heavy atom. The molecular weight excluding hydrogens is 984 g/mol. The second-order valence-corrected chi connectivity index (χ2v) is 24.5. The molecule has 4 bridgehead atoms. The average molecular weight is 1060 g/mol. The van der Waals surface area contributed by atoms with Gasteiger partial charge < -0.3 is 41.1 Å². The summed E-state index contributed by atoms with van der Waals surface area (Å²) >= 11 is 9.84. The fraction of sp³-hybridized carbons (Fsp3) is 0.771. The van der Waals surface area contributed by atoms with E-state index in [1.807, 2.05) is 42.0 Å². The van der Waals surface area contributed by atoms with Gasteiger partial charge >= 0.3 is 0 Å². The number of carbonyl (C=O) groups excluding carboxylic acids is 3. The molecule has 1 unspecified atom stereocenters. The second kappa shape index (κ2) is 18.0. The summed E-state index contributed by atoms with van der Waals surface area (Å²) < 4.78 is 0. The first-order valence-corrected chi connectivity index (χ1v) is 24.8. The van der Waals surface area contributed by atoms with Crippen LogP contribution in [0.3, 0.4) is 0 Å². The van der Waals surface area contributed by atoms with Crippen LogP contribution in [0.2, 0.25) is 0 Å². The van der Waals surface area contributed by atoms with Gasteiger partial charge in [0.15, 0.2) is 27.6 Å². The van der Waals surface area contributed by atoms with E-state index in [1.54, 1.807) is 23.2 Å². The molecule has 0 aliphatic heterocycles. The van der Waals surface area contributed by atoms with Crippen LogP contribution in [0.1, 0.15) is 104 Å². The van der Waals surface area contributed by atoms with E-state index in [1.165, 1.54) is 4.88 Å². The van der Waals surface area contributed by atoms with Crippen molar-refractivity contribution in [2.75, 3.05) is 39.7 Å². The fourth-order valence-corrected chi connectivity index (χ4v) is 17.6. The SMILES string of the molecule is Br.C=C1C(=O)[C@@]23[C@H](O)C[C@@H]4C(C)(C)C(=O)C(Br)C[C@@]4(C)[C@@H]2CC[C@@H]1[C@H]3O.C=C1C(=O)[C@@]23[C@H](O)C[C@@H]4C(C)(C)c5nc(N(C)C)sc5C[C@@]4(C)[C@@H]2CC[C@@H]1[C@H]3O.CCO.CN(C)C(N)=S. The molecule has 0 aromatic carbocycles. The Bertz CT molecular complexity index is 2060. The first-order valence-electron chi connectivity index (χ1n) is 22.7. The molecule has 12 nitrogen and oxygen atoms in total. The van der Waals surface area contributed by atoms with Crippen molar-refractivity contribution in [3.63, 3.8) is 0 Å². The van der Waals surface area contributed by atoms with Crippen LogP contribution >= 0.6 is 56.5 Å². The van der Waals surface area contributed by atoms with Crippen molar-refractivity contribution in [2.24, 2.45) is 68.3 Å². The lowest BCUT2D eigenvalue weighted by Crippen LogP contribution is -2.69. The molecule has 0 amide bonds. The van der Waals surface area contributed by atoms with Gasteiger partial charge in [0.25, 0.3) is 0 Å². The minimum atomic E-state index is -1.13. The second-order valence-electron chi connectivity index (χ2n) is 21.9. The lowest BCUT2D eigenvalue weighted by molar-refractivity contribution is -0.221. The van der Waals surface area contributed by atoms with E-state index >= 15 is 0 Å². The molecule has 16 heteroatoms. The number of halogens is 2. The third-order valence-corrected chi connectivity index (χ3v) is 20.2. The van der Waals surface area contributed by atoms with Crippen LogP contribution in [0.25, 0.3) is 0 Å². The number of nitrogens with zero attached hydrogens (tertiary/aromatic N) is 3. The zero-order valence-corrected chi connectivity index (χ0v) is 44.5. The van der Waals surface area contributed by atoms with E-state index in [-0.39, 0.29) is 97.5 Å². The number of thiazole rings is 1. The van der Waals surface area contributed by atoms with Gasteiger partial charge in [-0.25, -0.2) is 4.98 Å². The molecule has 1 heterocycles. The first kappa shape index (κ1) is 53.3. The lowest BCUT2D eigenvalue weighted by atomic mass is 9.39. The van der Waals surface area contributed by atoms with Crippen molar-refractivity contribution < 1.29 is 39.9 Å². The lowest BCUT2D eigenvalue weighted by Gasteiger charge is -2.65. The Balaban J connectivity index is 0.000000202. The Kier molecular flexibility index (Phi) is 15.0. The monoisotopic (exact) mass is 1060 g/mol. The van der Waals surface area contributed by atoms with Gasteiger partial charge in [0, 0.05) is 62.3 Å². The topological polar surface area (TPSA) is 198 Å². The van der Waals surface area contributed by atoms with Crippen LogP contribution in [0.5, 0.6) is 0 Å². The van der Waals surface area contributed by atoms with Gasteiger partial charge in [-0.05, 0) is 116 Å². The Hall–Kier alpha value is -1.63. The van der Waals surface area contributed by atoms with E-state index in [0.29, 0.717) is 35.5 Å².